The predicted octanol–water partition coefficient (Wildman–Crippen LogP) is 2.94. The Kier molecular flexibility index (Phi) is 6.19. The van der Waals surface area contributed by atoms with Crippen LogP contribution in [0.5, 0.6) is 5.75 Å². The van der Waals surface area contributed by atoms with E-state index >= 15 is 0 Å². The summed E-state index contributed by atoms with van der Waals surface area (Å²) in [5.41, 5.74) is 0.965. The Bertz CT molecular complexity index is 387. The lowest BCUT2D eigenvalue weighted by atomic mass is 10.2. The van der Waals surface area contributed by atoms with Gasteiger partial charge in [0, 0.05) is 12.2 Å². The third kappa shape index (κ3) is 5.64. The van der Waals surface area contributed by atoms with E-state index in [4.69, 9.17) is 4.74 Å². The van der Waals surface area contributed by atoms with Gasteiger partial charge >= 0.3 is 5.97 Å². The highest BCUT2D eigenvalue weighted by molar-refractivity contribution is 5.72. The standard InChI is InChI=1S/C15H23NO3/c1-11(2)10-19-14-7-5-13(6-8-14)16-9-12(3)15(17)18-4/h5-8,11-12,16H,9-10H2,1-4H3. The van der Waals surface area contributed by atoms with Crippen LogP contribution in [0.25, 0.3) is 0 Å². The number of nitrogens with one attached hydrogen (secondary N) is 1. The topological polar surface area (TPSA) is 47.6 Å². The number of benzene rings is 1. The van der Waals surface area contributed by atoms with Gasteiger partial charge < -0.3 is 14.8 Å². The fourth-order valence-electron chi connectivity index (χ4n) is 1.49. The van der Waals surface area contributed by atoms with Gasteiger partial charge in [0.1, 0.15) is 5.75 Å². The van der Waals surface area contributed by atoms with Crippen LogP contribution in [0.15, 0.2) is 24.3 Å². The second kappa shape index (κ2) is 7.67. The maximum atomic E-state index is 11.3. The van der Waals surface area contributed by atoms with Crippen LogP contribution >= 0.6 is 0 Å². The number of hydrogen-bond donors (Lipinski definition) is 1. The number of rotatable bonds is 7. The lowest BCUT2D eigenvalue weighted by Crippen LogP contribution is -2.21. The molecule has 4 heteroatoms. The van der Waals surface area contributed by atoms with Gasteiger partial charge in [-0.15, -0.1) is 0 Å². The molecule has 0 bridgehead atoms. The number of methoxy groups -OCH3 is 1. The molecule has 0 fully saturated rings. The minimum absolute atomic E-state index is 0.165. The first kappa shape index (κ1) is 15.3. The predicted molar refractivity (Wildman–Crippen MR) is 76.4 cm³/mol. The first-order valence-corrected chi connectivity index (χ1v) is 6.57. The molecule has 19 heavy (non-hydrogen) atoms. The van der Waals surface area contributed by atoms with Crippen LogP contribution in [0.2, 0.25) is 0 Å². The van der Waals surface area contributed by atoms with Crippen LogP contribution in [-0.2, 0) is 9.53 Å². The van der Waals surface area contributed by atoms with Crippen LogP contribution < -0.4 is 10.1 Å². The van der Waals surface area contributed by atoms with Crippen LogP contribution in [0.3, 0.4) is 0 Å². The second-order valence-corrected chi connectivity index (χ2v) is 5.03. The van der Waals surface area contributed by atoms with Crippen molar-refractivity contribution in [3.05, 3.63) is 24.3 Å². The van der Waals surface area contributed by atoms with Gasteiger partial charge in [-0.1, -0.05) is 20.8 Å². The number of carbonyl (C=O) groups is 1. The molecular formula is C15H23NO3. The van der Waals surface area contributed by atoms with Crippen molar-refractivity contribution in [2.45, 2.75) is 20.8 Å². The highest BCUT2D eigenvalue weighted by Crippen LogP contribution is 2.16. The summed E-state index contributed by atoms with van der Waals surface area (Å²) >= 11 is 0. The summed E-state index contributed by atoms with van der Waals surface area (Å²) in [4.78, 5) is 11.3. The average molecular weight is 265 g/mol. The summed E-state index contributed by atoms with van der Waals surface area (Å²) in [7, 11) is 1.40. The molecule has 0 amide bonds. The Morgan fingerprint density at radius 1 is 1.21 bits per heavy atom. The Morgan fingerprint density at radius 2 is 1.84 bits per heavy atom. The third-order valence-electron chi connectivity index (χ3n) is 2.65. The highest BCUT2D eigenvalue weighted by atomic mass is 16.5. The second-order valence-electron chi connectivity index (χ2n) is 5.03. The van der Waals surface area contributed by atoms with E-state index < -0.39 is 0 Å². The van der Waals surface area contributed by atoms with Crippen molar-refractivity contribution in [3.63, 3.8) is 0 Å². The van der Waals surface area contributed by atoms with Crippen molar-refractivity contribution in [1.82, 2.24) is 0 Å². The van der Waals surface area contributed by atoms with E-state index in [0.717, 1.165) is 11.4 Å². The highest BCUT2D eigenvalue weighted by Gasteiger charge is 2.12. The van der Waals surface area contributed by atoms with Gasteiger partial charge in [-0.3, -0.25) is 4.79 Å². The summed E-state index contributed by atoms with van der Waals surface area (Å²) in [6, 6.07) is 7.74. The fraction of sp³-hybridized carbons (Fsp3) is 0.533. The number of anilines is 1. The van der Waals surface area contributed by atoms with Crippen molar-refractivity contribution in [3.8, 4) is 5.75 Å². The Labute approximate surface area is 115 Å². The van der Waals surface area contributed by atoms with Crippen molar-refractivity contribution < 1.29 is 14.3 Å². The minimum Gasteiger partial charge on any atom is -0.493 e. The molecule has 106 valence electrons. The summed E-state index contributed by atoms with van der Waals surface area (Å²) < 4.78 is 10.3. The lowest BCUT2D eigenvalue weighted by Gasteiger charge is -2.12. The molecule has 4 nitrogen and oxygen atoms in total. The Hall–Kier alpha value is -1.71. The molecule has 0 saturated carbocycles. The molecule has 0 aromatic heterocycles. The number of carbonyl (C=O) groups excluding carboxylic acids is 1. The van der Waals surface area contributed by atoms with E-state index in [1.54, 1.807) is 0 Å². The SMILES string of the molecule is COC(=O)C(C)CNc1ccc(OCC(C)C)cc1. The summed E-state index contributed by atoms with van der Waals surface area (Å²) in [6.07, 6.45) is 0. The van der Waals surface area contributed by atoms with Crippen LogP contribution in [0.4, 0.5) is 5.69 Å². The zero-order chi connectivity index (χ0) is 14.3. The number of esters is 1. The maximum Gasteiger partial charge on any atom is 0.310 e. The van der Waals surface area contributed by atoms with Crippen molar-refractivity contribution >= 4 is 11.7 Å². The van der Waals surface area contributed by atoms with Gasteiger partial charge in [0.05, 0.1) is 19.6 Å². The zero-order valence-electron chi connectivity index (χ0n) is 12.1. The smallest absolute Gasteiger partial charge is 0.310 e. The first-order chi connectivity index (χ1) is 9.02. The van der Waals surface area contributed by atoms with Crippen LogP contribution in [0.1, 0.15) is 20.8 Å². The molecule has 0 heterocycles. The van der Waals surface area contributed by atoms with E-state index in [0.29, 0.717) is 19.1 Å². The van der Waals surface area contributed by atoms with Crippen molar-refractivity contribution in [2.75, 3.05) is 25.6 Å². The van der Waals surface area contributed by atoms with E-state index in [-0.39, 0.29) is 11.9 Å². The zero-order valence-corrected chi connectivity index (χ0v) is 12.1. The van der Waals surface area contributed by atoms with Gasteiger partial charge in [-0.05, 0) is 30.2 Å². The molecule has 0 saturated heterocycles. The molecule has 0 aliphatic rings. The largest absolute Gasteiger partial charge is 0.493 e. The summed E-state index contributed by atoms with van der Waals surface area (Å²) in [5.74, 6) is 1.00. The van der Waals surface area contributed by atoms with E-state index in [1.165, 1.54) is 7.11 Å². The van der Waals surface area contributed by atoms with Gasteiger partial charge in [0.15, 0.2) is 0 Å². The lowest BCUT2D eigenvalue weighted by molar-refractivity contribution is -0.144. The van der Waals surface area contributed by atoms with E-state index in [1.807, 2.05) is 31.2 Å². The van der Waals surface area contributed by atoms with Crippen LogP contribution in [0, 0.1) is 11.8 Å². The molecule has 1 N–H and O–H groups in total. The van der Waals surface area contributed by atoms with E-state index in [9.17, 15) is 4.79 Å². The molecule has 1 rings (SSSR count). The summed E-state index contributed by atoms with van der Waals surface area (Å²) in [5, 5.41) is 3.20. The first-order valence-electron chi connectivity index (χ1n) is 6.57. The minimum atomic E-state index is -0.204. The molecule has 1 unspecified atom stereocenters. The molecule has 0 radical (unpaired) electrons. The quantitative estimate of drug-likeness (QED) is 0.770. The van der Waals surface area contributed by atoms with Gasteiger partial charge in [-0.25, -0.2) is 0 Å². The van der Waals surface area contributed by atoms with Crippen molar-refractivity contribution in [2.24, 2.45) is 11.8 Å². The number of ether oxygens (including phenoxy) is 2. The maximum absolute atomic E-state index is 11.3. The van der Waals surface area contributed by atoms with Crippen molar-refractivity contribution in [1.29, 1.82) is 0 Å². The van der Waals surface area contributed by atoms with E-state index in [2.05, 4.69) is 23.9 Å². The average Bonchev–Trinajstić information content (AvgIpc) is 2.42. The van der Waals surface area contributed by atoms with Gasteiger partial charge in [0.25, 0.3) is 0 Å². The van der Waals surface area contributed by atoms with Crippen LogP contribution in [-0.4, -0.2) is 26.2 Å². The molecule has 0 spiro atoms. The normalized spacial score (nSPS) is 12.1. The third-order valence-corrected chi connectivity index (χ3v) is 2.65. The molecule has 1 atom stereocenters. The summed E-state index contributed by atoms with van der Waals surface area (Å²) in [6.45, 7) is 7.33. The number of hydrogen-bond acceptors (Lipinski definition) is 4. The Morgan fingerprint density at radius 3 is 2.37 bits per heavy atom. The molecular weight excluding hydrogens is 242 g/mol. The fourth-order valence-corrected chi connectivity index (χ4v) is 1.49. The molecule has 1 aromatic rings. The van der Waals surface area contributed by atoms with Gasteiger partial charge in [0.2, 0.25) is 0 Å². The molecule has 0 aliphatic heterocycles. The molecule has 0 aliphatic carbocycles. The monoisotopic (exact) mass is 265 g/mol. The molecule has 1 aromatic carbocycles. The van der Waals surface area contributed by atoms with Gasteiger partial charge in [-0.2, -0.15) is 0 Å². The Balaban J connectivity index is 2.42.